The van der Waals surface area contributed by atoms with E-state index in [9.17, 15) is 0 Å². The molecule has 0 spiro atoms. The van der Waals surface area contributed by atoms with Crippen LogP contribution in [0.15, 0.2) is 23.6 Å². The van der Waals surface area contributed by atoms with Crippen molar-refractivity contribution in [1.82, 2.24) is 0 Å². The van der Waals surface area contributed by atoms with E-state index >= 15 is 0 Å². The molecule has 1 heteroatoms. The first-order valence-corrected chi connectivity index (χ1v) is 6.79. The van der Waals surface area contributed by atoms with Crippen LogP contribution < -0.4 is 0 Å². The van der Waals surface area contributed by atoms with Crippen LogP contribution in [-0.4, -0.2) is 0 Å². The Morgan fingerprint density at radius 3 is 2.38 bits per heavy atom. The maximum atomic E-state index is 2.39. The minimum Gasteiger partial charge on any atom is -0.144 e. The zero-order valence-corrected chi connectivity index (χ0v) is 11.6. The van der Waals surface area contributed by atoms with Crippen molar-refractivity contribution in [3.63, 3.8) is 0 Å². The lowest BCUT2D eigenvalue weighted by atomic mass is 9.84. The Bertz CT molecular complexity index is 498. The molecule has 0 amide bonds. The predicted octanol–water partition coefficient (Wildman–Crippen LogP) is 5.32. The van der Waals surface area contributed by atoms with Gasteiger partial charge in [0.2, 0.25) is 0 Å². The average Bonchev–Trinajstić information content (AvgIpc) is 2.61. The first-order valence-electron chi connectivity index (χ1n) is 5.91. The lowest BCUT2D eigenvalue weighted by molar-refractivity contribution is 0.595. The van der Waals surface area contributed by atoms with Crippen LogP contribution in [0.25, 0.3) is 10.1 Å². The van der Waals surface area contributed by atoms with Gasteiger partial charge in [-0.1, -0.05) is 46.8 Å². The monoisotopic (exact) mass is 232 g/mol. The summed E-state index contributed by atoms with van der Waals surface area (Å²) >= 11 is 1.86. The fourth-order valence-electron chi connectivity index (χ4n) is 2.00. The quantitative estimate of drug-likeness (QED) is 0.624. The Morgan fingerprint density at radius 2 is 1.81 bits per heavy atom. The third-order valence-electron chi connectivity index (χ3n) is 3.05. The van der Waals surface area contributed by atoms with Gasteiger partial charge in [0.05, 0.1) is 0 Å². The summed E-state index contributed by atoms with van der Waals surface area (Å²) in [4.78, 5) is 0. The molecule has 1 aromatic carbocycles. The van der Waals surface area contributed by atoms with E-state index in [2.05, 4.69) is 58.2 Å². The molecule has 0 saturated carbocycles. The van der Waals surface area contributed by atoms with Crippen LogP contribution in [0.1, 0.15) is 51.7 Å². The Balaban J connectivity index is 2.74. The van der Waals surface area contributed by atoms with Crippen molar-refractivity contribution < 1.29 is 0 Å². The zero-order chi connectivity index (χ0) is 11.9. The molecular formula is C15H20S. The Morgan fingerprint density at radius 1 is 1.12 bits per heavy atom. The van der Waals surface area contributed by atoms with Gasteiger partial charge in [-0.2, -0.15) is 0 Å². The van der Waals surface area contributed by atoms with E-state index in [1.54, 1.807) is 0 Å². The lowest BCUT2D eigenvalue weighted by Crippen LogP contribution is -2.11. The van der Waals surface area contributed by atoms with Crippen molar-refractivity contribution in [2.75, 3.05) is 0 Å². The molecule has 0 aliphatic heterocycles. The van der Waals surface area contributed by atoms with E-state index in [1.165, 1.54) is 21.2 Å². The molecule has 0 nitrogen and oxygen atoms in total. The Labute approximate surface area is 102 Å². The second-order valence-electron chi connectivity index (χ2n) is 5.81. The molecule has 86 valence electrons. The largest absolute Gasteiger partial charge is 0.144 e. The molecule has 2 aromatic rings. The van der Waals surface area contributed by atoms with E-state index in [4.69, 9.17) is 0 Å². The Hall–Kier alpha value is -0.820. The molecule has 0 fully saturated rings. The summed E-state index contributed by atoms with van der Waals surface area (Å²) in [5.74, 6) is 0.602. The van der Waals surface area contributed by atoms with Crippen molar-refractivity contribution in [2.24, 2.45) is 0 Å². The highest BCUT2D eigenvalue weighted by Crippen LogP contribution is 2.36. The minimum absolute atomic E-state index is 0.230. The molecule has 1 heterocycles. The van der Waals surface area contributed by atoms with Crippen LogP contribution in [0.2, 0.25) is 0 Å². The molecule has 0 atom stereocenters. The van der Waals surface area contributed by atoms with Crippen molar-refractivity contribution in [1.29, 1.82) is 0 Å². The van der Waals surface area contributed by atoms with Gasteiger partial charge in [-0.05, 0) is 39.3 Å². The normalized spacial score (nSPS) is 12.6. The zero-order valence-electron chi connectivity index (χ0n) is 10.8. The van der Waals surface area contributed by atoms with Crippen LogP contribution in [-0.2, 0) is 5.41 Å². The van der Waals surface area contributed by atoms with E-state index in [-0.39, 0.29) is 5.41 Å². The number of benzene rings is 1. The van der Waals surface area contributed by atoms with Gasteiger partial charge in [-0.15, -0.1) is 11.3 Å². The molecule has 0 aliphatic carbocycles. The number of hydrogen-bond donors (Lipinski definition) is 0. The fourth-order valence-corrected chi connectivity index (χ4v) is 3.10. The summed E-state index contributed by atoms with van der Waals surface area (Å²) in [7, 11) is 0. The molecule has 0 aliphatic rings. The van der Waals surface area contributed by atoms with Gasteiger partial charge in [0.15, 0.2) is 0 Å². The van der Waals surface area contributed by atoms with Gasteiger partial charge in [0, 0.05) is 4.70 Å². The lowest BCUT2D eigenvalue weighted by Gasteiger charge is -2.22. The summed E-state index contributed by atoms with van der Waals surface area (Å²) < 4.78 is 1.46. The van der Waals surface area contributed by atoms with E-state index < -0.39 is 0 Å². The van der Waals surface area contributed by atoms with Crippen molar-refractivity contribution >= 4 is 21.4 Å². The van der Waals surface area contributed by atoms with Gasteiger partial charge < -0.3 is 0 Å². The van der Waals surface area contributed by atoms with Crippen LogP contribution >= 0.6 is 11.3 Å². The van der Waals surface area contributed by atoms with Crippen LogP contribution in [0, 0.1) is 0 Å². The second kappa shape index (κ2) is 3.89. The molecule has 0 N–H and O–H groups in total. The fraction of sp³-hybridized carbons (Fsp3) is 0.467. The maximum Gasteiger partial charge on any atom is 0.0380 e. The molecule has 0 unspecified atom stereocenters. The highest BCUT2D eigenvalue weighted by molar-refractivity contribution is 7.17. The van der Waals surface area contributed by atoms with Crippen molar-refractivity contribution in [3.05, 3.63) is 34.7 Å². The van der Waals surface area contributed by atoms with E-state index in [0.29, 0.717) is 5.92 Å². The highest BCUT2D eigenvalue weighted by Gasteiger charge is 2.19. The van der Waals surface area contributed by atoms with Gasteiger partial charge in [-0.3, -0.25) is 0 Å². The van der Waals surface area contributed by atoms with Crippen molar-refractivity contribution in [3.8, 4) is 0 Å². The average molecular weight is 232 g/mol. The Kier molecular flexibility index (Phi) is 2.83. The molecular weight excluding hydrogens is 212 g/mol. The van der Waals surface area contributed by atoms with Gasteiger partial charge >= 0.3 is 0 Å². The molecule has 0 radical (unpaired) electrons. The molecule has 16 heavy (non-hydrogen) atoms. The smallest absolute Gasteiger partial charge is 0.0380 e. The summed E-state index contributed by atoms with van der Waals surface area (Å²) in [5.41, 5.74) is 3.17. The topological polar surface area (TPSA) is 0 Å². The third-order valence-corrected chi connectivity index (χ3v) is 4.01. The first-order chi connectivity index (χ1) is 7.39. The summed E-state index contributed by atoms with van der Waals surface area (Å²) in [6, 6.07) is 6.97. The number of hydrogen-bond acceptors (Lipinski definition) is 1. The highest BCUT2D eigenvalue weighted by atomic mass is 32.1. The third kappa shape index (κ3) is 2.01. The van der Waals surface area contributed by atoms with Crippen LogP contribution in [0.4, 0.5) is 0 Å². The van der Waals surface area contributed by atoms with Gasteiger partial charge in [0.25, 0.3) is 0 Å². The predicted molar refractivity (Wildman–Crippen MR) is 74.6 cm³/mol. The van der Waals surface area contributed by atoms with Crippen LogP contribution in [0.3, 0.4) is 0 Å². The maximum absolute atomic E-state index is 2.39. The van der Waals surface area contributed by atoms with E-state index in [1.807, 2.05) is 11.3 Å². The van der Waals surface area contributed by atoms with E-state index in [0.717, 1.165) is 0 Å². The first kappa shape index (κ1) is 11.7. The number of thiophene rings is 1. The summed E-state index contributed by atoms with van der Waals surface area (Å²) in [6.07, 6.45) is 0. The summed E-state index contributed by atoms with van der Waals surface area (Å²) in [5, 5.41) is 3.60. The number of fused-ring (bicyclic) bond motifs is 1. The van der Waals surface area contributed by atoms with Crippen molar-refractivity contribution in [2.45, 2.75) is 46.0 Å². The number of rotatable bonds is 1. The van der Waals surface area contributed by atoms with Gasteiger partial charge in [-0.25, -0.2) is 0 Å². The second-order valence-corrected chi connectivity index (χ2v) is 6.73. The molecule has 0 bridgehead atoms. The molecule has 2 rings (SSSR count). The van der Waals surface area contributed by atoms with Gasteiger partial charge in [0.1, 0.15) is 0 Å². The minimum atomic E-state index is 0.230. The van der Waals surface area contributed by atoms with Crippen LogP contribution in [0.5, 0.6) is 0 Å². The molecule has 0 saturated heterocycles. The standard InChI is InChI=1S/C15H20S/c1-10(2)12-8-11-6-7-16-14(11)13(9-12)15(3,4)5/h6-10H,1-5H3. The molecule has 1 aromatic heterocycles. The summed E-state index contributed by atoms with van der Waals surface area (Å²) in [6.45, 7) is 11.4. The SMILES string of the molecule is CC(C)c1cc(C(C)(C)C)c2sccc2c1.